The zero-order valence-electron chi connectivity index (χ0n) is 18.8. The van der Waals surface area contributed by atoms with Crippen molar-refractivity contribution in [1.82, 2.24) is 14.5 Å². The molecule has 12 nitrogen and oxygen atoms in total. The number of aliphatic hydroxyl groups excluding tert-OH is 1. The number of halogens is 2. The van der Waals surface area contributed by atoms with Crippen molar-refractivity contribution in [2.75, 3.05) is 18.9 Å². The maximum atomic E-state index is 13.6. The van der Waals surface area contributed by atoms with Crippen LogP contribution < -0.4 is 11.3 Å². The number of H-pyrrole nitrogens is 1. The monoisotopic (exact) mass is 588 g/mol. The number of nitrogen functional groups attached to an aromatic ring is 1. The number of rotatable bonds is 5. The number of phosphoric acid groups is 1. The van der Waals surface area contributed by atoms with E-state index in [1.165, 1.54) is 42.0 Å². The van der Waals surface area contributed by atoms with Gasteiger partial charge >= 0.3 is 7.82 Å². The van der Waals surface area contributed by atoms with Gasteiger partial charge in [-0.2, -0.15) is 4.98 Å². The SMILES string of the molecule is C[C@@]1(O)[C@H](O)[C@@H](COP2(=O)OCC[C@@H](c3ccc(F)c(Br)c3)O2)O[C@H]1n1ccc2c(=O)[nH]c(N)nc21. The maximum Gasteiger partial charge on any atom is 0.475 e. The Hall–Kier alpha value is -2.16. The molecule has 2 aromatic heterocycles. The lowest BCUT2D eigenvalue weighted by Crippen LogP contribution is -2.44. The quantitative estimate of drug-likeness (QED) is 0.324. The summed E-state index contributed by atoms with van der Waals surface area (Å²) in [6, 6.07) is 5.77. The van der Waals surface area contributed by atoms with Gasteiger partial charge in [-0.25, -0.2) is 8.96 Å². The standard InChI is InChI=1S/C21H23BrFN4O8P/c1-21(30)16(28)15(34-19(21)27-6-4-11-17(27)25-20(24)26-18(11)29)9-33-36(31)32-7-5-14(35-36)10-2-3-13(23)12(22)8-10/h2-4,6,8,14-16,19,28,30H,5,7,9H2,1H3,(H3,24,25,26,29)/t14-,15+,16+,19+,21+,36?/m0/s1. The second kappa shape index (κ2) is 9.30. The average Bonchev–Trinajstić information content (AvgIpc) is 3.33. The molecule has 194 valence electrons. The number of hydrogen-bond acceptors (Lipinski definition) is 10. The highest BCUT2D eigenvalue weighted by molar-refractivity contribution is 9.10. The fraction of sp³-hybridized carbons (Fsp3) is 0.429. The summed E-state index contributed by atoms with van der Waals surface area (Å²) in [5, 5.41) is 22.0. The molecule has 1 unspecified atom stereocenters. The van der Waals surface area contributed by atoms with Crippen molar-refractivity contribution in [2.24, 2.45) is 0 Å². The summed E-state index contributed by atoms with van der Waals surface area (Å²) < 4.78 is 50.5. The van der Waals surface area contributed by atoms with E-state index in [0.29, 0.717) is 12.0 Å². The molecule has 2 saturated heterocycles. The number of aliphatic hydroxyl groups is 2. The maximum absolute atomic E-state index is 13.6. The molecule has 0 radical (unpaired) electrons. The summed E-state index contributed by atoms with van der Waals surface area (Å²) in [6.07, 6.45) is -2.62. The summed E-state index contributed by atoms with van der Waals surface area (Å²) in [4.78, 5) is 18.6. The number of nitrogens with zero attached hydrogens (tertiary/aromatic N) is 2. The molecule has 15 heteroatoms. The molecule has 2 fully saturated rings. The number of phosphoric ester groups is 1. The number of hydrogen-bond donors (Lipinski definition) is 4. The highest BCUT2D eigenvalue weighted by Gasteiger charge is 2.54. The van der Waals surface area contributed by atoms with Crippen LogP contribution in [0.2, 0.25) is 0 Å². The molecule has 0 bridgehead atoms. The number of fused-ring (bicyclic) bond motifs is 1. The van der Waals surface area contributed by atoms with Gasteiger partial charge in [-0.3, -0.25) is 23.3 Å². The number of nitrogens with two attached hydrogens (primary N) is 1. The van der Waals surface area contributed by atoms with E-state index in [2.05, 4.69) is 25.9 Å². The first-order valence-electron chi connectivity index (χ1n) is 10.9. The topological polar surface area (TPSA) is 171 Å². The number of ether oxygens (including phenoxy) is 1. The third-order valence-corrected chi connectivity index (χ3v) is 8.29. The molecule has 0 saturated carbocycles. The summed E-state index contributed by atoms with van der Waals surface area (Å²) in [5.74, 6) is -0.574. The van der Waals surface area contributed by atoms with Crippen LogP contribution in [0.25, 0.3) is 11.0 Å². The Morgan fingerprint density at radius 1 is 1.44 bits per heavy atom. The van der Waals surface area contributed by atoms with Crippen LogP contribution in [-0.2, 0) is 22.9 Å². The lowest BCUT2D eigenvalue weighted by molar-refractivity contribution is -0.0950. The van der Waals surface area contributed by atoms with E-state index in [0.717, 1.165) is 0 Å². The van der Waals surface area contributed by atoms with Gasteiger partial charge in [0, 0.05) is 12.6 Å². The molecule has 6 atom stereocenters. The molecule has 0 aliphatic carbocycles. The lowest BCUT2D eigenvalue weighted by atomic mass is 9.96. The van der Waals surface area contributed by atoms with Crippen LogP contribution >= 0.6 is 23.8 Å². The largest absolute Gasteiger partial charge is 0.475 e. The molecule has 0 amide bonds. The number of benzene rings is 1. The van der Waals surface area contributed by atoms with Crippen LogP contribution in [-0.4, -0.2) is 55.8 Å². The third kappa shape index (κ3) is 4.52. The Balaban J connectivity index is 1.32. The summed E-state index contributed by atoms with van der Waals surface area (Å²) in [6.45, 7) is 0.964. The van der Waals surface area contributed by atoms with Crippen molar-refractivity contribution in [3.05, 3.63) is 56.7 Å². The second-order valence-corrected chi connectivity index (χ2v) is 11.2. The van der Waals surface area contributed by atoms with Gasteiger partial charge in [0.05, 0.1) is 29.2 Å². The Labute approximate surface area is 211 Å². The van der Waals surface area contributed by atoms with Gasteiger partial charge in [-0.1, -0.05) is 6.07 Å². The predicted molar refractivity (Wildman–Crippen MR) is 127 cm³/mol. The van der Waals surface area contributed by atoms with Crippen molar-refractivity contribution in [3.63, 3.8) is 0 Å². The first kappa shape index (κ1) is 25.5. The van der Waals surface area contributed by atoms with Crippen LogP contribution in [0.4, 0.5) is 10.3 Å². The van der Waals surface area contributed by atoms with Crippen LogP contribution in [0.15, 0.2) is 39.7 Å². The predicted octanol–water partition coefficient (Wildman–Crippen LogP) is 2.52. The highest BCUT2D eigenvalue weighted by atomic mass is 79.9. The fourth-order valence-electron chi connectivity index (χ4n) is 4.31. The van der Waals surface area contributed by atoms with Gasteiger partial charge in [-0.05, 0) is 46.6 Å². The zero-order chi connectivity index (χ0) is 25.8. The Morgan fingerprint density at radius 3 is 2.97 bits per heavy atom. The van der Waals surface area contributed by atoms with E-state index in [9.17, 15) is 24.0 Å². The number of nitrogens with one attached hydrogen (secondary N) is 1. The van der Waals surface area contributed by atoms with Crippen LogP contribution in [0.5, 0.6) is 0 Å². The van der Waals surface area contributed by atoms with E-state index in [-0.39, 0.29) is 28.1 Å². The Morgan fingerprint density at radius 2 is 2.22 bits per heavy atom. The highest BCUT2D eigenvalue weighted by Crippen LogP contribution is 2.57. The van der Waals surface area contributed by atoms with Gasteiger partial charge in [0.2, 0.25) is 5.95 Å². The van der Waals surface area contributed by atoms with Gasteiger partial charge < -0.3 is 25.3 Å². The van der Waals surface area contributed by atoms with Gasteiger partial charge in [0.1, 0.15) is 23.6 Å². The van der Waals surface area contributed by atoms with Crippen molar-refractivity contribution in [1.29, 1.82) is 0 Å². The minimum absolute atomic E-state index is 0.0579. The zero-order valence-corrected chi connectivity index (χ0v) is 21.3. The molecule has 2 aliphatic rings. The third-order valence-electron chi connectivity index (χ3n) is 6.21. The van der Waals surface area contributed by atoms with Crippen LogP contribution in [0, 0.1) is 5.82 Å². The summed E-state index contributed by atoms with van der Waals surface area (Å²) in [5.41, 5.74) is 4.07. The van der Waals surface area contributed by atoms with E-state index in [1.807, 2.05) is 0 Å². The second-order valence-electron chi connectivity index (χ2n) is 8.74. The molecular formula is C21H23BrFN4O8P. The molecule has 36 heavy (non-hydrogen) atoms. The normalized spacial score (nSPS) is 32.8. The van der Waals surface area contributed by atoms with Crippen molar-refractivity contribution >= 4 is 40.7 Å². The molecule has 5 rings (SSSR count). The van der Waals surface area contributed by atoms with E-state index in [1.54, 1.807) is 0 Å². The van der Waals surface area contributed by atoms with Gasteiger partial charge in [-0.15, -0.1) is 0 Å². The molecule has 5 N–H and O–H groups in total. The van der Waals surface area contributed by atoms with Gasteiger partial charge in [0.25, 0.3) is 5.56 Å². The molecule has 2 aliphatic heterocycles. The lowest BCUT2D eigenvalue weighted by Gasteiger charge is -2.30. The average molecular weight is 589 g/mol. The fourth-order valence-corrected chi connectivity index (χ4v) is 6.10. The molecule has 3 aromatic rings. The Kier molecular flexibility index (Phi) is 6.58. The molecule has 1 aromatic carbocycles. The smallest absolute Gasteiger partial charge is 0.387 e. The first-order chi connectivity index (χ1) is 17.0. The summed E-state index contributed by atoms with van der Waals surface area (Å²) in [7, 11) is -4.08. The Bertz CT molecular complexity index is 1410. The van der Waals surface area contributed by atoms with E-state index < -0.39 is 55.9 Å². The minimum Gasteiger partial charge on any atom is -0.387 e. The minimum atomic E-state index is -4.08. The molecular weight excluding hydrogens is 566 g/mol. The molecule has 4 heterocycles. The van der Waals surface area contributed by atoms with E-state index in [4.69, 9.17) is 24.0 Å². The number of aromatic amines is 1. The van der Waals surface area contributed by atoms with Gasteiger partial charge in [0.15, 0.2) is 11.9 Å². The first-order valence-corrected chi connectivity index (χ1v) is 13.2. The number of aromatic nitrogens is 3. The van der Waals surface area contributed by atoms with Crippen molar-refractivity contribution in [2.45, 2.75) is 43.5 Å². The van der Waals surface area contributed by atoms with E-state index >= 15 is 0 Å². The van der Waals surface area contributed by atoms with Crippen molar-refractivity contribution in [3.8, 4) is 0 Å². The number of anilines is 1. The summed E-state index contributed by atoms with van der Waals surface area (Å²) >= 11 is 3.12. The molecule has 0 spiro atoms. The van der Waals surface area contributed by atoms with Crippen LogP contribution in [0.1, 0.15) is 31.2 Å². The van der Waals surface area contributed by atoms with Crippen LogP contribution in [0.3, 0.4) is 0 Å². The van der Waals surface area contributed by atoms with Crippen molar-refractivity contribution < 1.29 is 37.5 Å².